The molecule has 1 amide bonds. The molecular formula is C18H18FN3O3S. The van der Waals surface area contributed by atoms with Crippen LogP contribution < -0.4 is 10.0 Å². The van der Waals surface area contributed by atoms with E-state index >= 15 is 0 Å². The van der Waals surface area contributed by atoms with Gasteiger partial charge in [-0.25, -0.2) is 17.5 Å². The molecule has 0 heterocycles. The van der Waals surface area contributed by atoms with Gasteiger partial charge in [0.25, 0.3) is 5.91 Å². The predicted molar refractivity (Wildman–Crippen MR) is 94.1 cm³/mol. The molecule has 2 rings (SSSR count). The lowest BCUT2D eigenvalue weighted by Crippen LogP contribution is -2.27. The van der Waals surface area contributed by atoms with Crippen LogP contribution in [0.15, 0.2) is 53.4 Å². The summed E-state index contributed by atoms with van der Waals surface area (Å²) in [4.78, 5) is 12.3. The van der Waals surface area contributed by atoms with Crippen LogP contribution in [0.1, 0.15) is 35.3 Å². The molecule has 2 N–H and O–H groups in total. The van der Waals surface area contributed by atoms with E-state index in [1.807, 2.05) is 6.07 Å². The summed E-state index contributed by atoms with van der Waals surface area (Å²) in [6, 6.07) is 12.8. The maximum Gasteiger partial charge on any atom is 0.251 e. The first kappa shape index (κ1) is 19.6. The van der Waals surface area contributed by atoms with Crippen molar-refractivity contribution in [1.82, 2.24) is 10.0 Å². The summed E-state index contributed by atoms with van der Waals surface area (Å²) < 4.78 is 39.3. The number of carbonyl (C=O) groups excluding carboxylic acids is 1. The number of halogens is 1. The highest BCUT2D eigenvalue weighted by Gasteiger charge is 2.15. The second-order valence-electron chi connectivity index (χ2n) is 5.58. The Hall–Kier alpha value is -2.76. The lowest BCUT2D eigenvalue weighted by atomic mass is 10.1. The molecule has 136 valence electrons. The van der Waals surface area contributed by atoms with Crippen LogP contribution in [0, 0.1) is 17.1 Å². The van der Waals surface area contributed by atoms with E-state index in [4.69, 9.17) is 5.26 Å². The van der Waals surface area contributed by atoms with Crippen molar-refractivity contribution in [3.63, 3.8) is 0 Å². The first-order valence-electron chi connectivity index (χ1n) is 7.86. The molecule has 0 aliphatic carbocycles. The highest BCUT2D eigenvalue weighted by atomic mass is 32.2. The first-order valence-corrected chi connectivity index (χ1v) is 9.35. The number of carbonyl (C=O) groups is 1. The minimum absolute atomic E-state index is 0.0126. The maximum absolute atomic E-state index is 13.0. The average Bonchev–Trinajstić information content (AvgIpc) is 2.62. The fourth-order valence-electron chi connectivity index (χ4n) is 2.22. The Labute approximate surface area is 151 Å². The van der Waals surface area contributed by atoms with Crippen molar-refractivity contribution in [2.45, 2.75) is 24.3 Å². The predicted octanol–water partition coefficient (Wildman–Crippen LogP) is 2.51. The van der Waals surface area contributed by atoms with Crippen LogP contribution in [-0.4, -0.2) is 20.9 Å². The standard InChI is InChI=1S/C18H18FN3O3S/c1-13(14-3-7-16(19)8-4-14)22-18(23)15-5-9-17(10-6-15)26(24,25)21-12-2-11-20/h3-10,13,21H,2,12H2,1H3,(H,22,23)/t13-/m1/s1. The van der Waals surface area contributed by atoms with Gasteiger partial charge in [0.15, 0.2) is 0 Å². The van der Waals surface area contributed by atoms with Crippen LogP contribution in [0.2, 0.25) is 0 Å². The molecule has 0 unspecified atom stereocenters. The SMILES string of the molecule is C[C@@H](NC(=O)c1ccc(S(=O)(=O)NCCC#N)cc1)c1ccc(F)cc1. The molecule has 0 fully saturated rings. The van der Waals surface area contributed by atoms with Crippen molar-refractivity contribution >= 4 is 15.9 Å². The Morgan fingerprint density at radius 3 is 2.35 bits per heavy atom. The van der Waals surface area contributed by atoms with Gasteiger partial charge in [-0.1, -0.05) is 12.1 Å². The Bertz CT molecular complexity index is 904. The Kier molecular flexibility index (Phi) is 6.44. The molecule has 2 aromatic rings. The highest BCUT2D eigenvalue weighted by molar-refractivity contribution is 7.89. The number of nitrogens with zero attached hydrogens (tertiary/aromatic N) is 1. The van der Waals surface area contributed by atoms with Crippen LogP contribution in [-0.2, 0) is 10.0 Å². The van der Waals surface area contributed by atoms with Gasteiger partial charge in [-0.05, 0) is 48.9 Å². The zero-order valence-corrected chi connectivity index (χ0v) is 14.9. The van der Waals surface area contributed by atoms with Gasteiger partial charge in [-0.3, -0.25) is 4.79 Å². The summed E-state index contributed by atoms with van der Waals surface area (Å²) in [5.74, 6) is -0.726. The van der Waals surface area contributed by atoms with Crippen LogP contribution in [0.5, 0.6) is 0 Å². The molecule has 0 spiro atoms. The number of nitriles is 1. The fraction of sp³-hybridized carbons (Fsp3) is 0.222. The molecular weight excluding hydrogens is 357 g/mol. The van der Waals surface area contributed by atoms with Gasteiger partial charge in [-0.2, -0.15) is 5.26 Å². The normalized spacial score (nSPS) is 12.2. The average molecular weight is 375 g/mol. The number of rotatable bonds is 7. The minimum atomic E-state index is -3.71. The molecule has 0 saturated carbocycles. The number of benzene rings is 2. The van der Waals surface area contributed by atoms with E-state index < -0.39 is 10.0 Å². The quantitative estimate of drug-likeness (QED) is 0.726. The second kappa shape index (κ2) is 8.56. The van der Waals surface area contributed by atoms with Crippen LogP contribution >= 0.6 is 0 Å². The van der Waals surface area contributed by atoms with Crippen molar-refractivity contribution in [2.75, 3.05) is 6.54 Å². The number of nitrogens with one attached hydrogen (secondary N) is 2. The summed E-state index contributed by atoms with van der Waals surface area (Å²) in [7, 11) is -3.71. The second-order valence-corrected chi connectivity index (χ2v) is 7.34. The van der Waals surface area contributed by atoms with Crippen molar-refractivity contribution in [2.24, 2.45) is 0 Å². The maximum atomic E-state index is 13.0. The molecule has 0 aromatic heterocycles. The van der Waals surface area contributed by atoms with Gasteiger partial charge in [0.1, 0.15) is 5.82 Å². The van der Waals surface area contributed by atoms with Gasteiger partial charge in [0.2, 0.25) is 10.0 Å². The molecule has 0 saturated heterocycles. The number of hydrogen-bond donors (Lipinski definition) is 2. The summed E-state index contributed by atoms with van der Waals surface area (Å²) >= 11 is 0. The number of hydrogen-bond acceptors (Lipinski definition) is 4. The summed E-state index contributed by atoms with van der Waals surface area (Å²) in [5, 5.41) is 11.2. The van der Waals surface area contributed by atoms with Crippen LogP contribution in [0.4, 0.5) is 4.39 Å². The molecule has 26 heavy (non-hydrogen) atoms. The van der Waals surface area contributed by atoms with E-state index in [0.717, 1.165) is 5.56 Å². The van der Waals surface area contributed by atoms with Gasteiger partial charge in [0, 0.05) is 18.5 Å². The molecule has 2 aromatic carbocycles. The van der Waals surface area contributed by atoms with E-state index in [-0.39, 0.29) is 35.6 Å². The molecule has 6 nitrogen and oxygen atoms in total. The van der Waals surface area contributed by atoms with Crippen molar-refractivity contribution < 1.29 is 17.6 Å². The first-order chi connectivity index (χ1) is 12.3. The Balaban J connectivity index is 2.04. The van der Waals surface area contributed by atoms with Gasteiger partial charge in [0.05, 0.1) is 17.0 Å². The van der Waals surface area contributed by atoms with E-state index in [2.05, 4.69) is 10.0 Å². The van der Waals surface area contributed by atoms with E-state index in [9.17, 15) is 17.6 Å². The number of sulfonamides is 1. The van der Waals surface area contributed by atoms with Gasteiger partial charge >= 0.3 is 0 Å². The lowest BCUT2D eigenvalue weighted by molar-refractivity contribution is 0.0940. The zero-order chi connectivity index (χ0) is 19.2. The highest BCUT2D eigenvalue weighted by Crippen LogP contribution is 2.15. The topological polar surface area (TPSA) is 99.1 Å². The van der Waals surface area contributed by atoms with Crippen molar-refractivity contribution in [3.05, 3.63) is 65.5 Å². The van der Waals surface area contributed by atoms with E-state index in [0.29, 0.717) is 5.56 Å². The molecule has 0 aliphatic heterocycles. The molecule has 0 radical (unpaired) electrons. The lowest BCUT2D eigenvalue weighted by Gasteiger charge is -2.14. The molecule has 0 bridgehead atoms. The van der Waals surface area contributed by atoms with Crippen LogP contribution in [0.25, 0.3) is 0 Å². The van der Waals surface area contributed by atoms with E-state index in [1.165, 1.54) is 36.4 Å². The third-order valence-electron chi connectivity index (χ3n) is 3.67. The van der Waals surface area contributed by atoms with Crippen molar-refractivity contribution in [1.29, 1.82) is 5.26 Å². The van der Waals surface area contributed by atoms with E-state index in [1.54, 1.807) is 19.1 Å². The monoisotopic (exact) mass is 375 g/mol. The van der Waals surface area contributed by atoms with Gasteiger partial charge in [-0.15, -0.1) is 0 Å². The van der Waals surface area contributed by atoms with Crippen LogP contribution in [0.3, 0.4) is 0 Å². The summed E-state index contributed by atoms with van der Waals surface area (Å²) in [6.07, 6.45) is 0.0704. The summed E-state index contributed by atoms with van der Waals surface area (Å²) in [6.45, 7) is 1.79. The number of amides is 1. The Morgan fingerprint density at radius 2 is 1.77 bits per heavy atom. The minimum Gasteiger partial charge on any atom is -0.346 e. The third kappa shape index (κ3) is 5.12. The molecule has 8 heteroatoms. The fourth-order valence-corrected chi connectivity index (χ4v) is 3.26. The van der Waals surface area contributed by atoms with Gasteiger partial charge < -0.3 is 5.32 Å². The molecule has 0 aliphatic rings. The third-order valence-corrected chi connectivity index (χ3v) is 5.15. The molecule has 1 atom stereocenters. The largest absolute Gasteiger partial charge is 0.346 e. The summed E-state index contributed by atoms with van der Waals surface area (Å²) in [5.41, 5.74) is 1.05. The smallest absolute Gasteiger partial charge is 0.251 e. The Morgan fingerprint density at radius 1 is 1.15 bits per heavy atom. The van der Waals surface area contributed by atoms with Crippen molar-refractivity contribution in [3.8, 4) is 6.07 Å². The zero-order valence-electron chi connectivity index (χ0n) is 14.1.